The average molecular weight is 212 g/mol. The number of fused-ring (bicyclic) bond motifs is 3. The highest BCUT2D eigenvalue weighted by atomic mass is 32.1. The Balaban J connectivity index is 0.000000404. The van der Waals surface area contributed by atoms with Gasteiger partial charge >= 0.3 is 0 Å². The van der Waals surface area contributed by atoms with Gasteiger partial charge in [-0.3, -0.25) is 0 Å². The lowest BCUT2D eigenvalue weighted by Gasteiger charge is -1.88. The molecule has 15 heavy (non-hydrogen) atoms. The number of thiophene rings is 1. The van der Waals surface area contributed by atoms with Crippen molar-refractivity contribution in [3.63, 3.8) is 0 Å². The zero-order valence-corrected chi connectivity index (χ0v) is 9.26. The normalized spacial score (nSPS) is 9.87. The van der Waals surface area contributed by atoms with Gasteiger partial charge in [0, 0.05) is 20.2 Å². The summed E-state index contributed by atoms with van der Waals surface area (Å²) in [5.41, 5.74) is 0. The molecule has 0 aliphatic rings. The largest absolute Gasteiger partial charge is 0.135 e. The minimum absolute atomic E-state index is 1.38. The molecule has 2 aromatic carbocycles. The van der Waals surface area contributed by atoms with Gasteiger partial charge in [-0.05, 0) is 12.1 Å². The Morgan fingerprint density at radius 2 is 1.07 bits per heavy atom. The van der Waals surface area contributed by atoms with E-state index in [0.29, 0.717) is 0 Å². The quantitative estimate of drug-likeness (QED) is 0.467. The molecule has 0 aliphatic heterocycles. The average Bonchev–Trinajstić information content (AvgIpc) is 2.70. The zero-order chi connectivity index (χ0) is 10.7. The molecule has 0 saturated heterocycles. The van der Waals surface area contributed by atoms with E-state index in [1.807, 2.05) is 11.3 Å². The molecule has 3 aromatic rings. The summed E-state index contributed by atoms with van der Waals surface area (Å²) in [7, 11) is 0. The minimum atomic E-state index is 1.38. The van der Waals surface area contributed by atoms with Crippen molar-refractivity contribution < 1.29 is 0 Å². The molecule has 0 aliphatic carbocycles. The first-order valence-electron chi connectivity index (χ1n) is 4.81. The van der Waals surface area contributed by atoms with Crippen LogP contribution in [0.5, 0.6) is 0 Å². The third kappa shape index (κ3) is 1.66. The smallest absolute Gasteiger partial charge is 0.0355 e. The Morgan fingerprint density at radius 3 is 1.53 bits per heavy atom. The van der Waals surface area contributed by atoms with Gasteiger partial charge in [-0.1, -0.05) is 36.4 Å². The van der Waals surface area contributed by atoms with Crippen LogP contribution in [-0.4, -0.2) is 0 Å². The first-order chi connectivity index (χ1) is 7.45. The molecule has 3 rings (SSSR count). The van der Waals surface area contributed by atoms with E-state index >= 15 is 0 Å². The fourth-order valence-corrected chi connectivity index (χ4v) is 2.78. The predicted octanol–water partition coefficient (Wildman–Crippen LogP) is 4.86. The first-order valence-corrected chi connectivity index (χ1v) is 5.63. The summed E-state index contributed by atoms with van der Waals surface area (Å²) in [6.45, 7) is 6.00. The van der Waals surface area contributed by atoms with Crippen LogP contribution in [0.25, 0.3) is 20.2 Å². The second-order valence-electron chi connectivity index (χ2n) is 3.09. The predicted molar refractivity (Wildman–Crippen MR) is 70.6 cm³/mol. The van der Waals surface area contributed by atoms with Crippen molar-refractivity contribution in [2.45, 2.75) is 0 Å². The Kier molecular flexibility index (Phi) is 2.84. The molecule has 0 fully saturated rings. The Morgan fingerprint density at radius 1 is 0.667 bits per heavy atom. The third-order valence-corrected chi connectivity index (χ3v) is 3.44. The fourth-order valence-electron chi connectivity index (χ4n) is 1.67. The van der Waals surface area contributed by atoms with Crippen molar-refractivity contribution >= 4 is 31.5 Å². The van der Waals surface area contributed by atoms with Crippen LogP contribution in [0.15, 0.2) is 61.7 Å². The van der Waals surface area contributed by atoms with Crippen molar-refractivity contribution in [3.8, 4) is 0 Å². The van der Waals surface area contributed by atoms with Crippen LogP contribution in [0.2, 0.25) is 0 Å². The van der Waals surface area contributed by atoms with Gasteiger partial charge in [-0.25, -0.2) is 0 Å². The summed E-state index contributed by atoms with van der Waals surface area (Å²) in [4.78, 5) is 0. The summed E-state index contributed by atoms with van der Waals surface area (Å²) >= 11 is 1.86. The minimum Gasteiger partial charge on any atom is -0.135 e. The summed E-state index contributed by atoms with van der Waals surface area (Å²) in [5.74, 6) is 0. The van der Waals surface area contributed by atoms with Crippen LogP contribution in [0.1, 0.15) is 0 Å². The van der Waals surface area contributed by atoms with Gasteiger partial charge in [-0.15, -0.1) is 24.5 Å². The van der Waals surface area contributed by atoms with E-state index in [1.165, 1.54) is 20.2 Å². The lowest BCUT2D eigenvalue weighted by molar-refractivity contribution is 1.84. The second-order valence-corrected chi connectivity index (χ2v) is 4.18. The molecule has 0 radical (unpaired) electrons. The standard InChI is InChI=1S/C12H8S.C2H4/c1-3-7-11-9(5-1)10-6-2-4-8-12(10)13-11;1-2/h1-8H;1-2H2. The second kappa shape index (κ2) is 4.28. The Labute approximate surface area is 93.5 Å². The van der Waals surface area contributed by atoms with Crippen LogP contribution in [-0.2, 0) is 0 Å². The lowest BCUT2D eigenvalue weighted by Crippen LogP contribution is -1.62. The van der Waals surface area contributed by atoms with Gasteiger partial charge in [0.25, 0.3) is 0 Å². The van der Waals surface area contributed by atoms with Crippen LogP contribution < -0.4 is 0 Å². The third-order valence-electron chi connectivity index (χ3n) is 2.28. The Bertz CT molecular complexity index is 527. The van der Waals surface area contributed by atoms with Crippen LogP contribution in [0.4, 0.5) is 0 Å². The molecule has 0 N–H and O–H groups in total. The first kappa shape index (κ1) is 9.94. The number of rotatable bonds is 0. The van der Waals surface area contributed by atoms with E-state index < -0.39 is 0 Å². The van der Waals surface area contributed by atoms with Crippen molar-refractivity contribution in [3.05, 3.63) is 61.7 Å². The van der Waals surface area contributed by atoms with Gasteiger partial charge in [0.1, 0.15) is 0 Å². The SMILES string of the molecule is C=C.c1ccc2c(c1)sc1ccccc12. The van der Waals surface area contributed by atoms with Gasteiger partial charge in [0.15, 0.2) is 0 Å². The van der Waals surface area contributed by atoms with Crippen molar-refractivity contribution in [1.29, 1.82) is 0 Å². The Hall–Kier alpha value is -1.60. The monoisotopic (exact) mass is 212 g/mol. The lowest BCUT2D eigenvalue weighted by atomic mass is 10.2. The molecular formula is C14H12S. The molecule has 74 valence electrons. The molecule has 0 amide bonds. The van der Waals surface area contributed by atoms with E-state index in [-0.39, 0.29) is 0 Å². The van der Waals surface area contributed by atoms with Gasteiger partial charge in [0.05, 0.1) is 0 Å². The highest BCUT2D eigenvalue weighted by Crippen LogP contribution is 2.32. The summed E-state index contributed by atoms with van der Waals surface area (Å²) in [5, 5.41) is 2.76. The fraction of sp³-hybridized carbons (Fsp3) is 0. The summed E-state index contributed by atoms with van der Waals surface area (Å²) < 4.78 is 2.76. The maximum atomic E-state index is 3.00. The molecule has 0 nitrogen and oxygen atoms in total. The molecule has 0 bridgehead atoms. The summed E-state index contributed by atoms with van der Waals surface area (Å²) in [6.07, 6.45) is 0. The molecule has 0 atom stereocenters. The van der Waals surface area contributed by atoms with E-state index in [1.54, 1.807) is 0 Å². The van der Waals surface area contributed by atoms with Crippen molar-refractivity contribution in [2.24, 2.45) is 0 Å². The molecule has 1 heterocycles. The van der Waals surface area contributed by atoms with Gasteiger partial charge < -0.3 is 0 Å². The van der Waals surface area contributed by atoms with E-state index in [4.69, 9.17) is 0 Å². The maximum Gasteiger partial charge on any atom is 0.0355 e. The summed E-state index contributed by atoms with van der Waals surface area (Å²) in [6, 6.07) is 17.1. The van der Waals surface area contributed by atoms with Crippen molar-refractivity contribution in [1.82, 2.24) is 0 Å². The van der Waals surface area contributed by atoms with Crippen molar-refractivity contribution in [2.75, 3.05) is 0 Å². The molecule has 0 unspecified atom stereocenters. The topological polar surface area (TPSA) is 0 Å². The van der Waals surface area contributed by atoms with Crippen LogP contribution >= 0.6 is 11.3 Å². The number of benzene rings is 2. The van der Waals surface area contributed by atoms with Crippen LogP contribution in [0.3, 0.4) is 0 Å². The molecular weight excluding hydrogens is 200 g/mol. The highest BCUT2D eigenvalue weighted by Gasteiger charge is 2.01. The maximum absolute atomic E-state index is 3.00. The number of hydrogen-bond acceptors (Lipinski definition) is 1. The van der Waals surface area contributed by atoms with Gasteiger partial charge in [0.2, 0.25) is 0 Å². The van der Waals surface area contributed by atoms with Gasteiger partial charge in [-0.2, -0.15) is 0 Å². The molecule has 0 saturated carbocycles. The van der Waals surface area contributed by atoms with Crippen LogP contribution in [0, 0.1) is 0 Å². The molecule has 1 aromatic heterocycles. The molecule has 1 heteroatoms. The van der Waals surface area contributed by atoms with E-state index in [0.717, 1.165) is 0 Å². The van der Waals surface area contributed by atoms with E-state index in [9.17, 15) is 0 Å². The highest BCUT2D eigenvalue weighted by molar-refractivity contribution is 7.25. The van der Waals surface area contributed by atoms with E-state index in [2.05, 4.69) is 61.7 Å². The zero-order valence-electron chi connectivity index (χ0n) is 8.44. The molecule has 0 spiro atoms. The number of hydrogen-bond donors (Lipinski definition) is 0.